The van der Waals surface area contributed by atoms with E-state index in [-0.39, 0.29) is 23.8 Å². The van der Waals surface area contributed by atoms with Crippen LogP contribution in [0.1, 0.15) is 18.1 Å². The summed E-state index contributed by atoms with van der Waals surface area (Å²) in [6, 6.07) is 9.77. The highest BCUT2D eigenvalue weighted by atomic mass is 35.5. The number of benzene rings is 2. The lowest BCUT2D eigenvalue weighted by Crippen LogP contribution is -2.30. The fourth-order valence-electron chi connectivity index (χ4n) is 2.34. The van der Waals surface area contributed by atoms with Crippen LogP contribution in [0, 0.1) is 5.82 Å². The standard InChI is InChI=1S/C18H17ClFNO3S/c1-11(18(22)21-8-12-2-4-14(20)5-3-12)25-9-13-6-15(19)17-16(7-13)23-10-24-17/h2-7,11H,8-10H2,1H3,(H,21,22). The maximum atomic E-state index is 12.9. The summed E-state index contributed by atoms with van der Waals surface area (Å²) >= 11 is 7.66. The van der Waals surface area contributed by atoms with E-state index in [2.05, 4.69) is 5.32 Å². The zero-order valence-corrected chi connectivity index (χ0v) is 15.1. The maximum Gasteiger partial charge on any atom is 0.233 e. The Balaban J connectivity index is 1.50. The van der Waals surface area contributed by atoms with Crippen molar-refractivity contribution in [3.8, 4) is 11.5 Å². The Morgan fingerprint density at radius 1 is 1.28 bits per heavy atom. The van der Waals surface area contributed by atoms with Gasteiger partial charge in [-0.25, -0.2) is 4.39 Å². The Hall–Kier alpha value is -1.92. The third-order valence-corrected chi connectivity index (χ3v) is 5.23. The van der Waals surface area contributed by atoms with Crippen LogP contribution in [0.5, 0.6) is 11.5 Å². The summed E-state index contributed by atoms with van der Waals surface area (Å²) in [5, 5.41) is 3.14. The fourth-order valence-corrected chi connectivity index (χ4v) is 3.47. The molecule has 1 aliphatic heterocycles. The largest absolute Gasteiger partial charge is 0.454 e. The van der Waals surface area contributed by atoms with Gasteiger partial charge in [-0.15, -0.1) is 11.8 Å². The molecule has 0 spiro atoms. The third kappa shape index (κ3) is 4.58. The second-order valence-electron chi connectivity index (χ2n) is 5.61. The van der Waals surface area contributed by atoms with Crippen LogP contribution in [0.4, 0.5) is 4.39 Å². The van der Waals surface area contributed by atoms with E-state index in [1.807, 2.05) is 19.1 Å². The van der Waals surface area contributed by atoms with Gasteiger partial charge in [0.25, 0.3) is 0 Å². The number of thioether (sulfide) groups is 1. The molecule has 1 atom stereocenters. The van der Waals surface area contributed by atoms with E-state index >= 15 is 0 Å². The number of carbonyl (C=O) groups excluding carboxylic acids is 1. The Morgan fingerprint density at radius 2 is 2.04 bits per heavy atom. The molecule has 132 valence electrons. The SMILES string of the molecule is CC(SCc1cc(Cl)c2c(c1)OCO2)C(=O)NCc1ccc(F)cc1. The second-order valence-corrected chi connectivity index (χ2v) is 7.35. The van der Waals surface area contributed by atoms with Crippen molar-refractivity contribution in [3.05, 3.63) is 58.4 Å². The summed E-state index contributed by atoms with van der Waals surface area (Å²) in [7, 11) is 0. The lowest BCUT2D eigenvalue weighted by Gasteiger charge is -2.12. The molecule has 0 fully saturated rings. The molecule has 0 bridgehead atoms. The maximum absolute atomic E-state index is 12.9. The number of halogens is 2. The van der Waals surface area contributed by atoms with E-state index in [0.29, 0.717) is 28.8 Å². The zero-order valence-electron chi connectivity index (χ0n) is 13.6. The van der Waals surface area contributed by atoms with Crippen LogP contribution in [0.15, 0.2) is 36.4 Å². The molecule has 2 aromatic rings. The minimum atomic E-state index is -0.290. The minimum Gasteiger partial charge on any atom is -0.454 e. The van der Waals surface area contributed by atoms with Gasteiger partial charge in [0.05, 0.1) is 10.3 Å². The lowest BCUT2D eigenvalue weighted by atomic mass is 10.2. The van der Waals surface area contributed by atoms with Crippen LogP contribution < -0.4 is 14.8 Å². The predicted molar refractivity (Wildman–Crippen MR) is 96.6 cm³/mol. The van der Waals surface area contributed by atoms with E-state index in [1.54, 1.807) is 12.1 Å². The van der Waals surface area contributed by atoms with Crippen molar-refractivity contribution in [2.45, 2.75) is 24.5 Å². The molecule has 1 unspecified atom stereocenters. The van der Waals surface area contributed by atoms with Gasteiger partial charge in [0, 0.05) is 12.3 Å². The molecule has 0 saturated carbocycles. The first kappa shape index (κ1) is 17.9. The van der Waals surface area contributed by atoms with Crippen LogP contribution >= 0.6 is 23.4 Å². The molecule has 0 aromatic heterocycles. The molecule has 4 nitrogen and oxygen atoms in total. The topological polar surface area (TPSA) is 47.6 Å². The molecular weight excluding hydrogens is 365 g/mol. The summed E-state index contributed by atoms with van der Waals surface area (Å²) in [4.78, 5) is 12.2. The lowest BCUT2D eigenvalue weighted by molar-refractivity contribution is -0.120. The molecule has 0 aliphatic carbocycles. The number of hydrogen-bond donors (Lipinski definition) is 1. The third-order valence-electron chi connectivity index (χ3n) is 3.74. The van der Waals surface area contributed by atoms with E-state index in [0.717, 1.165) is 11.1 Å². The number of fused-ring (bicyclic) bond motifs is 1. The van der Waals surface area contributed by atoms with Crippen LogP contribution in [-0.2, 0) is 17.1 Å². The molecule has 3 rings (SSSR count). The van der Waals surface area contributed by atoms with Crippen LogP contribution in [0.2, 0.25) is 5.02 Å². The van der Waals surface area contributed by atoms with E-state index in [9.17, 15) is 9.18 Å². The molecule has 0 saturated heterocycles. The van der Waals surface area contributed by atoms with Crippen LogP contribution in [-0.4, -0.2) is 18.0 Å². The smallest absolute Gasteiger partial charge is 0.233 e. The summed E-state index contributed by atoms with van der Waals surface area (Å²) in [6.07, 6.45) is 0. The van der Waals surface area contributed by atoms with Crippen molar-refractivity contribution in [2.75, 3.05) is 6.79 Å². The number of carbonyl (C=O) groups is 1. The molecule has 1 N–H and O–H groups in total. The van der Waals surface area contributed by atoms with Gasteiger partial charge in [0.15, 0.2) is 11.5 Å². The van der Waals surface area contributed by atoms with Crippen molar-refractivity contribution < 1.29 is 18.7 Å². The highest BCUT2D eigenvalue weighted by Gasteiger charge is 2.19. The molecule has 7 heteroatoms. The normalized spacial score (nSPS) is 13.6. The molecule has 0 radical (unpaired) electrons. The zero-order chi connectivity index (χ0) is 17.8. The predicted octanol–water partition coefficient (Wildman–Crippen LogP) is 4.15. The Labute approximate surface area is 154 Å². The van der Waals surface area contributed by atoms with Gasteiger partial charge in [-0.1, -0.05) is 23.7 Å². The highest BCUT2D eigenvalue weighted by Crippen LogP contribution is 2.40. The molecule has 1 amide bonds. The van der Waals surface area contributed by atoms with Gasteiger partial charge in [0.2, 0.25) is 12.7 Å². The van der Waals surface area contributed by atoms with Crippen LogP contribution in [0.3, 0.4) is 0 Å². The van der Waals surface area contributed by atoms with Gasteiger partial charge in [-0.3, -0.25) is 4.79 Å². The summed E-state index contributed by atoms with van der Waals surface area (Å²) < 4.78 is 23.5. The first-order valence-electron chi connectivity index (χ1n) is 7.74. The first-order chi connectivity index (χ1) is 12.0. The quantitative estimate of drug-likeness (QED) is 0.816. The van der Waals surface area contributed by atoms with Gasteiger partial charge in [-0.2, -0.15) is 0 Å². The molecular formula is C18H17ClFNO3S. The van der Waals surface area contributed by atoms with E-state index in [4.69, 9.17) is 21.1 Å². The fraction of sp³-hybridized carbons (Fsp3) is 0.278. The van der Waals surface area contributed by atoms with Crippen molar-refractivity contribution in [2.24, 2.45) is 0 Å². The monoisotopic (exact) mass is 381 g/mol. The highest BCUT2D eigenvalue weighted by molar-refractivity contribution is 7.99. The van der Waals surface area contributed by atoms with E-state index < -0.39 is 0 Å². The first-order valence-corrected chi connectivity index (χ1v) is 9.17. The molecule has 1 heterocycles. The average molecular weight is 382 g/mol. The summed E-state index contributed by atoms with van der Waals surface area (Å²) in [6.45, 7) is 2.40. The van der Waals surface area contributed by atoms with Crippen molar-refractivity contribution in [1.82, 2.24) is 5.32 Å². The van der Waals surface area contributed by atoms with Crippen molar-refractivity contribution >= 4 is 29.3 Å². The molecule has 25 heavy (non-hydrogen) atoms. The number of hydrogen-bond acceptors (Lipinski definition) is 4. The van der Waals surface area contributed by atoms with Gasteiger partial charge in [0.1, 0.15) is 5.82 Å². The second kappa shape index (κ2) is 7.97. The summed E-state index contributed by atoms with van der Waals surface area (Å²) in [5.41, 5.74) is 1.83. The van der Waals surface area contributed by atoms with Crippen molar-refractivity contribution in [3.63, 3.8) is 0 Å². The van der Waals surface area contributed by atoms with Crippen LogP contribution in [0.25, 0.3) is 0 Å². The molecule has 2 aromatic carbocycles. The van der Waals surface area contributed by atoms with Gasteiger partial charge in [-0.05, 0) is 42.3 Å². The Morgan fingerprint density at radius 3 is 2.80 bits per heavy atom. The molecule has 1 aliphatic rings. The summed E-state index contributed by atoms with van der Waals surface area (Å²) in [5.74, 6) is 1.47. The van der Waals surface area contributed by atoms with E-state index in [1.165, 1.54) is 23.9 Å². The average Bonchev–Trinajstić information content (AvgIpc) is 3.08. The Bertz CT molecular complexity index is 770. The number of ether oxygens (including phenoxy) is 2. The Kier molecular flexibility index (Phi) is 5.71. The number of nitrogens with one attached hydrogen (secondary N) is 1. The van der Waals surface area contributed by atoms with Crippen molar-refractivity contribution in [1.29, 1.82) is 0 Å². The van der Waals surface area contributed by atoms with Gasteiger partial charge < -0.3 is 14.8 Å². The minimum absolute atomic E-state index is 0.0684. The number of amides is 1. The number of rotatable bonds is 6. The van der Waals surface area contributed by atoms with Gasteiger partial charge >= 0.3 is 0 Å².